The number of ketones is 1. The lowest BCUT2D eigenvalue weighted by atomic mass is 10.2. The van der Waals surface area contributed by atoms with E-state index < -0.39 is 0 Å². The Balaban J connectivity index is 2.95. The van der Waals surface area contributed by atoms with Crippen LogP contribution < -0.4 is 0 Å². The first kappa shape index (κ1) is 6.08. The summed E-state index contributed by atoms with van der Waals surface area (Å²) < 4.78 is 0. The Morgan fingerprint density at radius 1 is 1.67 bits per heavy atom. The van der Waals surface area contributed by atoms with Crippen LogP contribution in [0.3, 0.4) is 0 Å². The van der Waals surface area contributed by atoms with Crippen LogP contribution >= 0.6 is 0 Å². The van der Waals surface area contributed by atoms with E-state index in [0.29, 0.717) is 5.70 Å². The van der Waals surface area contributed by atoms with Crippen molar-refractivity contribution in [3.8, 4) is 0 Å². The molecule has 0 aromatic carbocycles. The van der Waals surface area contributed by atoms with Crippen LogP contribution in [0.1, 0.15) is 6.92 Å². The van der Waals surface area contributed by atoms with Crippen molar-refractivity contribution in [2.24, 2.45) is 0 Å². The third-order valence-corrected chi connectivity index (χ3v) is 1.43. The van der Waals surface area contributed by atoms with Crippen molar-refractivity contribution in [3.05, 3.63) is 24.0 Å². The van der Waals surface area contributed by atoms with Gasteiger partial charge in [0.2, 0.25) is 5.78 Å². The number of carbonyl (C=O) groups is 1. The third kappa shape index (κ3) is 0.762. The molecule has 48 valence electrons. The quantitative estimate of drug-likeness (QED) is 0.446. The fraction of sp³-hybridized carbons (Fsp3) is 0.286. The molecule has 1 aliphatic rings. The molecular weight excluding hydrogens is 114 g/mol. The number of hydrogen-bond acceptors (Lipinski definition) is 2. The highest BCUT2D eigenvalue weighted by atomic mass is 16.1. The van der Waals surface area contributed by atoms with E-state index in [4.69, 9.17) is 0 Å². The van der Waals surface area contributed by atoms with E-state index in [0.717, 1.165) is 5.57 Å². The van der Waals surface area contributed by atoms with Crippen molar-refractivity contribution < 1.29 is 4.79 Å². The maximum atomic E-state index is 10.9. The van der Waals surface area contributed by atoms with Gasteiger partial charge in [0.15, 0.2) is 0 Å². The summed E-state index contributed by atoms with van der Waals surface area (Å²) in [5.41, 5.74) is 1.33. The van der Waals surface area contributed by atoms with Crippen molar-refractivity contribution >= 4 is 5.78 Å². The van der Waals surface area contributed by atoms with Gasteiger partial charge in [0.05, 0.1) is 5.70 Å². The highest BCUT2D eigenvalue weighted by molar-refractivity contribution is 6.09. The lowest BCUT2D eigenvalue weighted by Gasteiger charge is -2.05. The van der Waals surface area contributed by atoms with Crippen molar-refractivity contribution in [2.75, 3.05) is 7.05 Å². The summed E-state index contributed by atoms with van der Waals surface area (Å²) >= 11 is 0. The number of allylic oxidation sites excluding steroid dienone is 1. The second-order valence-corrected chi connectivity index (χ2v) is 2.20. The second-order valence-electron chi connectivity index (χ2n) is 2.20. The molecule has 0 aromatic heterocycles. The van der Waals surface area contributed by atoms with Crippen LogP contribution in [-0.2, 0) is 4.79 Å². The van der Waals surface area contributed by atoms with Gasteiger partial charge in [-0.3, -0.25) is 4.79 Å². The summed E-state index contributed by atoms with van der Waals surface area (Å²) in [6, 6.07) is 0. The first-order valence-corrected chi connectivity index (χ1v) is 2.78. The molecule has 0 atom stereocenters. The van der Waals surface area contributed by atoms with Crippen LogP contribution in [0.5, 0.6) is 0 Å². The van der Waals surface area contributed by atoms with Crippen LogP contribution in [0.15, 0.2) is 24.0 Å². The topological polar surface area (TPSA) is 20.3 Å². The Bertz CT molecular complexity index is 203. The predicted octanol–water partition coefficient (Wildman–Crippen LogP) is 0.918. The van der Waals surface area contributed by atoms with E-state index in [1.807, 2.05) is 7.05 Å². The van der Waals surface area contributed by atoms with Crippen molar-refractivity contribution in [1.29, 1.82) is 0 Å². The SMILES string of the molecule is C=C1C(=O)C(C)=CN1C. The van der Waals surface area contributed by atoms with Crippen LogP contribution in [-0.4, -0.2) is 17.7 Å². The average molecular weight is 123 g/mol. The van der Waals surface area contributed by atoms with Crippen LogP contribution in [0.2, 0.25) is 0 Å². The zero-order valence-corrected chi connectivity index (χ0v) is 5.64. The molecule has 0 bridgehead atoms. The smallest absolute Gasteiger partial charge is 0.205 e. The number of Topliss-reactive ketones (excluding diaryl/α,β-unsaturated/α-hetero) is 1. The highest BCUT2D eigenvalue weighted by Crippen LogP contribution is 2.16. The molecule has 1 rings (SSSR count). The summed E-state index contributed by atoms with van der Waals surface area (Å²) in [7, 11) is 1.82. The van der Waals surface area contributed by atoms with Crippen LogP contribution in [0, 0.1) is 0 Å². The van der Waals surface area contributed by atoms with Gasteiger partial charge >= 0.3 is 0 Å². The summed E-state index contributed by atoms with van der Waals surface area (Å²) in [6.07, 6.45) is 1.78. The normalized spacial score (nSPS) is 18.9. The summed E-state index contributed by atoms with van der Waals surface area (Å²) in [5.74, 6) is 0.0532. The zero-order chi connectivity index (χ0) is 7.02. The summed E-state index contributed by atoms with van der Waals surface area (Å²) in [5, 5.41) is 0. The molecule has 0 radical (unpaired) electrons. The van der Waals surface area contributed by atoms with Gasteiger partial charge in [0.1, 0.15) is 0 Å². The number of nitrogens with zero attached hydrogens (tertiary/aromatic N) is 1. The Labute approximate surface area is 54.5 Å². The molecule has 0 aliphatic carbocycles. The molecule has 0 saturated heterocycles. The third-order valence-electron chi connectivity index (χ3n) is 1.43. The first-order valence-electron chi connectivity index (χ1n) is 2.78. The van der Waals surface area contributed by atoms with E-state index in [9.17, 15) is 4.79 Å². The van der Waals surface area contributed by atoms with E-state index in [1.165, 1.54) is 0 Å². The molecular formula is C7H9NO. The predicted molar refractivity (Wildman–Crippen MR) is 35.7 cm³/mol. The van der Waals surface area contributed by atoms with Gasteiger partial charge in [-0.1, -0.05) is 6.58 Å². The van der Waals surface area contributed by atoms with Gasteiger partial charge in [-0.15, -0.1) is 0 Å². The molecule has 2 nitrogen and oxygen atoms in total. The minimum absolute atomic E-state index is 0.0532. The largest absolute Gasteiger partial charge is 0.348 e. The lowest BCUT2D eigenvalue weighted by Crippen LogP contribution is -2.08. The maximum absolute atomic E-state index is 10.9. The van der Waals surface area contributed by atoms with E-state index in [1.54, 1.807) is 18.0 Å². The van der Waals surface area contributed by atoms with Gasteiger partial charge in [-0.2, -0.15) is 0 Å². The first-order chi connectivity index (χ1) is 4.13. The molecule has 1 heterocycles. The fourth-order valence-corrected chi connectivity index (χ4v) is 0.815. The zero-order valence-electron chi connectivity index (χ0n) is 5.64. The number of hydrogen-bond donors (Lipinski definition) is 0. The number of rotatable bonds is 0. The highest BCUT2D eigenvalue weighted by Gasteiger charge is 2.18. The minimum atomic E-state index is 0.0532. The van der Waals surface area contributed by atoms with Crippen LogP contribution in [0.4, 0.5) is 0 Å². The molecule has 0 fully saturated rings. The lowest BCUT2D eigenvalue weighted by molar-refractivity contribution is -0.112. The molecule has 1 aliphatic heterocycles. The standard InChI is InChI=1S/C7H9NO/c1-5-4-8(3)6(2)7(5)9/h4H,2H2,1,3H3. The van der Waals surface area contributed by atoms with Gasteiger partial charge in [0.25, 0.3) is 0 Å². The molecule has 0 N–H and O–H groups in total. The number of carbonyl (C=O) groups excluding carboxylic acids is 1. The van der Waals surface area contributed by atoms with E-state index in [2.05, 4.69) is 6.58 Å². The van der Waals surface area contributed by atoms with E-state index >= 15 is 0 Å². The molecule has 9 heavy (non-hydrogen) atoms. The maximum Gasteiger partial charge on any atom is 0.205 e. The van der Waals surface area contributed by atoms with Crippen molar-refractivity contribution in [1.82, 2.24) is 4.90 Å². The molecule has 0 unspecified atom stereocenters. The molecule has 0 amide bonds. The Morgan fingerprint density at radius 2 is 2.22 bits per heavy atom. The Kier molecular flexibility index (Phi) is 1.16. The summed E-state index contributed by atoms with van der Waals surface area (Å²) in [6.45, 7) is 5.38. The van der Waals surface area contributed by atoms with Gasteiger partial charge < -0.3 is 4.90 Å². The van der Waals surface area contributed by atoms with Crippen LogP contribution in [0.25, 0.3) is 0 Å². The summed E-state index contributed by atoms with van der Waals surface area (Å²) in [4.78, 5) is 12.6. The monoisotopic (exact) mass is 123 g/mol. The van der Waals surface area contributed by atoms with Gasteiger partial charge in [-0.05, 0) is 6.92 Å². The number of likely N-dealkylation sites (N-methyl/N-ethyl adjacent to an activating group) is 1. The Morgan fingerprint density at radius 3 is 2.33 bits per heavy atom. The minimum Gasteiger partial charge on any atom is -0.348 e. The fourth-order valence-electron chi connectivity index (χ4n) is 0.815. The second kappa shape index (κ2) is 1.72. The van der Waals surface area contributed by atoms with Crippen molar-refractivity contribution in [2.45, 2.75) is 6.92 Å². The molecule has 0 saturated carbocycles. The molecule has 2 heteroatoms. The van der Waals surface area contributed by atoms with Crippen molar-refractivity contribution in [3.63, 3.8) is 0 Å². The Hall–Kier alpha value is -1.05. The van der Waals surface area contributed by atoms with E-state index in [-0.39, 0.29) is 5.78 Å². The molecule has 0 aromatic rings. The molecule has 0 spiro atoms. The van der Waals surface area contributed by atoms with Gasteiger partial charge in [-0.25, -0.2) is 0 Å². The average Bonchev–Trinajstić information content (AvgIpc) is 1.98. The van der Waals surface area contributed by atoms with Gasteiger partial charge in [0, 0.05) is 18.8 Å².